The van der Waals surface area contributed by atoms with Crippen LogP contribution in [0.25, 0.3) is 0 Å². The van der Waals surface area contributed by atoms with Gasteiger partial charge in [-0.15, -0.1) is 0 Å². The molecule has 0 aromatic carbocycles. The van der Waals surface area contributed by atoms with Gasteiger partial charge in [0, 0.05) is 12.6 Å². The Kier molecular flexibility index (Phi) is 4.62. The average molecular weight is 238 g/mol. The van der Waals surface area contributed by atoms with E-state index in [1.807, 2.05) is 18.7 Å². The van der Waals surface area contributed by atoms with Crippen molar-refractivity contribution in [2.24, 2.45) is 17.6 Å². The third-order valence-corrected chi connectivity index (χ3v) is 3.69. The van der Waals surface area contributed by atoms with Gasteiger partial charge in [0.2, 0.25) is 0 Å². The largest absolute Gasteiger partial charge is 0.393 e. The van der Waals surface area contributed by atoms with Crippen molar-refractivity contribution in [3.05, 3.63) is 0 Å². The normalized spacial score (nSPS) is 27.8. The molecular weight excluding hydrogens is 217 g/mol. The number of hydrogen-bond acceptors (Lipinski definition) is 2. The van der Waals surface area contributed by atoms with E-state index < -0.39 is 12.1 Å². The third-order valence-electron chi connectivity index (χ3n) is 3.69. The van der Waals surface area contributed by atoms with Gasteiger partial charge in [-0.1, -0.05) is 6.92 Å². The van der Waals surface area contributed by atoms with Crippen LogP contribution in [0.1, 0.15) is 26.7 Å². The number of likely N-dealkylation sites (tertiary alicyclic amines) is 1. The molecule has 0 saturated carbocycles. The van der Waals surface area contributed by atoms with Crippen molar-refractivity contribution in [2.75, 3.05) is 19.6 Å². The maximum absolute atomic E-state index is 12.6. The first kappa shape index (κ1) is 13.8. The van der Waals surface area contributed by atoms with Crippen LogP contribution in [0.15, 0.2) is 0 Å². The van der Waals surface area contributed by atoms with Crippen molar-refractivity contribution < 1.29 is 13.2 Å². The second-order valence-electron chi connectivity index (χ2n) is 4.83. The molecule has 1 aliphatic heterocycles. The molecule has 5 heteroatoms. The van der Waals surface area contributed by atoms with E-state index in [0.717, 1.165) is 6.54 Å². The molecule has 2 N–H and O–H groups in total. The predicted octanol–water partition coefficient (Wildman–Crippen LogP) is 2.24. The van der Waals surface area contributed by atoms with Crippen LogP contribution in [0.4, 0.5) is 13.2 Å². The fourth-order valence-corrected chi connectivity index (χ4v) is 2.20. The first-order valence-corrected chi connectivity index (χ1v) is 5.87. The second-order valence-corrected chi connectivity index (χ2v) is 4.83. The van der Waals surface area contributed by atoms with E-state index in [-0.39, 0.29) is 24.9 Å². The summed E-state index contributed by atoms with van der Waals surface area (Å²) in [7, 11) is 0. The highest BCUT2D eigenvalue weighted by Gasteiger charge is 2.42. The summed E-state index contributed by atoms with van der Waals surface area (Å²) >= 11 is 0. The fourth-order valence-electron chi connectivity index (χ4n) is 2.20. The molecule has 1 aliphatic rings. The molecule has 1 saturated heterocycles. The molecule has 0 amide bonds. The van der Waals surface area contributed by atoms with Crippen molar-refractivity contribution in [1.29, 1.82) is 0 Å². The van der Waals surface area contributed by atoms with E-state index >= 15 is 0 Å². The zero-order valence-electron chi connectivity index (χ0n) is 9.93. The third kappa shape index (κ3) is 3.35. The van der Waals surface area contributed by atoms with Crippen LogP contribution in [-0.2, 0) is 0 Å². The minimum atomic E-state index is -4.05. The van der Waals surface area contributed by atoms with Gasteiger partial charge in [0.15, 0.2) is 0 Å². The highest BCUT2D eigenvalue weighted by molar-refractivity contribution is 4.82. The molecule has 0 aromatic heterocycles. The molecule has 0 bridgehead atoms. The van der Waals surface area contributed by atoms with Crippen molar-refractivity contribution in [3.8, 4) is 0 Å². The smallest absolute Gasteiger partial charge is 0.330 e. The number of rotatable bonds is 3. The summed E-state index contributed by atoms with van der Waals surface area (Å²) in [5.41, 5.74) is 5.55. The van der Waals surface area contributed by atoms with E-state index in [4.69, 9.17) is 5.73 Å². The minimum Gasteiger partial charge on any atom is -0.330 e. The number of halogens is 3. The molecule has 3 unspecified atom stereocenters. The van der Waals surface area contributed by atoms with Gasteiger partial charge in [0.1, 0.15) is 0 Å². The summed E-state index contributed by atoms with van der Waals surface area (Å²) in [6.45, 7) is 5.37. The topological polar surface area (TPSA) is 29.3 Å². The lowest BCUT2D eigenvalue weighted by Gasteiger charge is -2.39. The molecule has 96 valence electrons. The van der Waals surface area contributed by atoms with E-state index in [9.17, 15) is 13.2 Å². The van der Waals surface area contributed by atoms with E-state index in [1.165, 1.54) is 0 Å². The van der Waals surface area contributed by atoms with Gasteiger partial charge in [-0.25, -0.2) is 0 Å². The Morgan fingerprint density at radius 1 is 1.38 bits per heavy atom. The van der Waals surface area contributed by atoms with E-state index in [0.29, 0.717) is 13.0 Å². The van der Waals surface area contributed by atoms with Crippen LogP contribution in [0.5, 0.6) is 0 Å². The number of alkyl halides is 3. The summed E-state index contributed by atoms with van der Waals surface area (Å²) in [6.07, 6.45) is -3.15. The van der Waals surface area contributed by atoms with Crippen molar-refractivity contribution in [3.63, 3.8) is 0 Å². The van der Waals surface area contributed by atoms with Gasteiger partial charge < -0.3 is 5.73 Å². The van der Waals surface area contributed by atoms with Crippen LogP contribution in [0, 0.1) is 11.8 Å². The standard InChI is InChI=1S/C11H21F3N2/c1-8(6-15)9(2)16-5-3-4-10(7-16)11(12,13)14/h8-10H,3-7,15H2,1-2H3. The molecule has 16 heavy (non-hydrogen) atoms. The van der Waals surface area contributed by atoms with Crippen LogP contribution in [-0.4, -0.2) is 36.8 Å². The monoisotopic (exact) mass is 238 g/mol. The van der Waals surface area contributed by atoms with Crippen LogP contribution >= 0.6 is 0 Å². The molecule has 1 rings (SSSR count). The average Bonchev–Trinajstić information content (AvgIpc) is 2.26. The van der Waals surface area contributed by atoms with Gasteiger partial charge >= 0.3 is 6.18 Å². The lowest BCUT2D eigenvalue weighted by atomic mass is 9.93. The summed E-state index contributed by atoms with van der Waals surface area (Å²) in [6, 6.07) is 0.134. The van der Waals surface area contributed by atoms with Crippen molar-refractivity contribution in [1.82, 2.24) is 4.90 Å². The molecule has 1 fully saturated rings. The zero-order valence-corrected chi connectivity index (χ0v) is 9.93. The summed E-state index contributed by atoms with van der Waals surface area (Å²) < 4.78 is 37.8. The number of piperidine rings is 1. The van der Waals surface area contributed by atoms with Gasteiger partial charge in [-0.3, -0.25) is 4.90 Å². The molecule has 2 nitrogen and oxygen atoms in total. The highest BCUT2D eigenvalue weighted by Crippen LogP contribution is 2.34. The molecule has 0 aromatic rings. The molecule has 3 atom stereocenters. The van der Waals surface area contributed by atoms with E-state index in [2.05, 4.69) is 0 Å². The number of hydrogen-bond donors (Lipinski definition) is 1. The minimum absolute atomic E-state index is 0.134. The Morgan fingerprint density at radius 2 is 2.00 bits per heavy atom. The first-order valence-electron chi connectivity index (χ1n) is 5.87. The zero-order chi connectivity index (χ0) is 12.3. The number of nitrogens with two attached hydrogens (primary N) is 1. The molecular formula is C11H21F3N2. The Labute approximate surface area is 95.0 Å². The summed E-state index contributed by atoms with van der Waals surface area (Å²) in [5.74, 6) is -0.916. The van der Waals surface area contributed by atoms with Gasteiger partial charge in [-0.05, 0) is 38.8 Å². The van der Waals surface area contributed by atoms with Crippen LogP contribution < -0.4 is 5.73 Å². The molecule has 0 aliphatic carbocycles. The van der Waals surface area contributed by atoms with Crippen molar-refractivity contribution in [2.45, 2.75) is 38.9 Å². The molecule has 1 heterocycles. The summed E-state index contributed by atoms with van der Waals surface area (Å²) in [4.78, 5) is 1.93. The van der Waals surface area contributed by atoms with Crippen LogP contribution in [0.2, 0.25) is 0 Å². The Morgan fingerprint density at radius 3 is 2.50 bits per heavy atom. The second kappa shape index (κ2) is 5.36. The maximum Gasteiger partial charge on any atom is 0.393 e. The lowest BCUT2D eigenvalue weighted by molar-refractivity contribution is -0.189. The highest BCUT2D eigenvalue weighted by atomic mass is 19.4. The maximum atomic E-state index is 12.6. The molecule has 0 spiro atoms. The summed E-state index contributed by atoms with van der Waals surface area (Å²) in [5, 5.41) is 0. The van der Waals surface area contributed by atoms with Gasteiger partial charge in [0.25, 0.3) is 0 Å². The quantitative estimate of drug-likeness (QED) is 0.817. The fraction of sp³-hybridized carbons (Fsp3) is 1.00. The SMILES string of the molecule is CC(CN)C(C)N1CCCC(C(F)(F)F)C1. The van der Waals surface area contributed by atoms with Crippen molar-refractivity contribution >= 4 is 0 Å². The predicted molar refractivity (Wildman–Crippen MR) is 58.0 cm³/mol. The van der Waals surface area contributed by atoms with Crippen LogP contribution in [0.3, 0.4) is 0 Å². The Balaban J connectivity index is 2.57. The number of nitrogens with zero attached hydrogens (tertiary/aromatic N) is 1. The lowest BCUT2D eigenvalue weighted by Crippen LogP contribution is -2.48. The van der Waals surface area contributed by atoms with Gasteiger partial charge in [0.05, 0.1) is 5.92 Å². The van der Waals surface area contributed by atoms with Gasteiger partial charge in [-0.2, -0.15) is 13.2 Å². The first-order chi connectivity index (χ1) is 7.36. The Hall–Kier alpha value is -0.290. The Bertz CT molecular complexity index is 218. The molecule has 0 radical (unpaired) electrons. The van der Waals surface area contributed by atoms with E-state index in [1.54, 1.807) is 0 Å².